The van der Waals surface area contributed by atoms with Crippen LogP contribution >= 0.6 is 0 Å². The molecule has 2 aromatic heterocycles. The zero-order chi connectivity index (χ0) is 23.1. The van der Waals surface area contributed by atoms with Crippen molar-refractivity contribution >= 4 is 22.6 Å². The molecule has 1 aromatic carbocycles. The number of carbonyl (C=O) groups is 1. The average molecular weight is 446 g/mol. The van der Waals surface area contributed by atoms with Gasteiger partial charge in [-0.05, 0) is 56.5 Å². The highest BCUT2D eigenvalue weighted by Crippen LogP contribution is 2.35. The Morgan fingerprint density at radius 2 is 1.76 bits per heavy atom. The molecule has 1 saturated heterocycles. The van der Waals surface area contributed by atoms with Crippen LogP contribution in [0.25, 0.3) is 10.9 Å². The van der Waals surface area contributed by atoms with E-state index >= 15 is 0 Å². The maximum Gasteiger partial charge on any atom is 0.272 e. The molecule has 0 N–H and O–H groups in total. The number of amides is 1. The summed E-state index contributed by atoms with van der Waals surface area (Å²) in [5.41, 5.74) is 7.07. The molecule has 174 valence electrons. The number of aryl methyl sites for hydroxylation is 2. The van der Waals surface area contributed by atoms with Crippen molar-refractivity contribution < 1.29 is 4.79 Å². The van der Waals surface area contributed by atoms with E-state index in [9.17, 15) is 4.79 Å². The number of anilines is 1. The quantitative estimate of drug-likeness (QED) is 0.609. The summed E-state index contributed by atoms with van der Waals surface area (Å²) >= 11 is 0. The van der Waals surface area contributed by atoms with E-state index in [0.29, 0.717) is 5.69 Å². The minimum absolute atomic E-state index is 0.0592. The summed E-state index contributed by atoms with van der Waals surface area (Å²) in [4.78, 5) is 25.2. The molecule has 2 aliphatic rings. The van der Waals surface area contributed by atoms with Crippen molar-refractivity contribution in [3.05, 3.63) is 58.4 Å². The number of likely N-dealkylation sites (N-methyl/N-ethyl adjacent to an activating group) is 1. The van der Waals surface area contributed by atoms with Crippen LogP contribution in [0.3, 0.4) is 0 Å². The second kappa shape index (κ2) is 8.82. The highest BCUT2D eigenvalue weighted by molar-refractivity contribution is 6.01. The number of nitrogens with zero attached hydrogens (tertiary/aromatic N) is 5. The molecule has 0 atom stereocenters. The van der Waals surface area contributed by atoms with Crippen LogP contribution in [0, 0.1) is 13.8 Å². The Hall–Kier alpha value is -2.86. The number of fused-ring (bicyclic) bond motifs is 2. The van der Waals surface area contributed by atoms with Gasteiger partial charge >= 0.3 is 0 Å². The van der Waals surface area contributed by atoms with Crippen LogP contribution in [0.5, 0.6) is 0 Å². The van der Waals surface area contributed by atoms with Crippen LogP contribution in [0.15, 0.2) is 30.3 Å². The van der Waals surface area contributed by atoms with Gasteiger partial charge < -0.3 is 19.3 Å². The van der Waals surface area contributed by atoms with E-state index in [-0.39, 0.29) is 5.91 Å². The number of hydrogen-bond acceptors (Lipinski definition) is 4. The molecule has 1 fully saturated rings. The van der Waals surface area contributed by atoms with Crippen molar-refractivity contribution in [2.45, 2.75) is 46.7 Å². The molecular formula is C27H35N5O. The normalized spacial score (nSPS) is 17.0. The molecule has 0 aliphatic carbocycles. The molecule has 2 aliphatic heterocycles. The number of pyridine rings is 1. The largest absolute Gasteiger partial charge is 0.350 e. The Bertz CT molecular complexity index is 1190. The van der Waals surface area contributed by atoms with E-state index in [0.717, 1.165) is 64.5 Å². The standard InChI is InChI=1S/C27H35N5O/c1-5-11-32-20(3)19(2)23-17-24(27(33)30-15-13-29(4)14-16-30)28-26(25(23)32)31-12-10-21-8-6-7-9-22(21)18-31/h6-9,17H,5,10-16,18H2,1-4H3. The predicted molar refractivity (Wildman–Crippen MR) is 134 cm³/mol. The van der Waals surface area contributed by atoms with Gasteiger partial charge in [-0.3, -0.25) is 4.79 Å². The first-order chi connectivity index (χ1) is 16.0. The Morgan fingerprint density at radius 1 is 1.03 bits per heavy atom. The van der Waals surface area contributed by atoms with Gasteiger partial charge in [0.2, 0.25) is 0 Å². The predicted octanol–water partition coefficient (Wildman–Crippen LogP) is 4.01. The van der Waals surface area contributed by atoms with Crippen molar-refractivity contribution in [2.24, 2.45) is 0 Å². The summed E-state index contributed by atoms with van der Waals surface area (Å²) in [6.45, 7) is 12.7. The third kappa shape index (κ3) is 3.90. The van der Waals surface area contributed by atoms with Crippen LogP contribution in [0.1, 0.15) is 46.2 Å². The lowest BCUT2D eigenvalue weighted by atomic mass is 10.00. The summed E-state index contributed by atoms with van der Waals surface area (Å²) in [6.07, 6.45) is 2.07. The van der Waals surface area contributed by atoms with E-state index in [1.807, 2.05) is 11.0 Å². The second-order valence-corrected chi connectivity index (χ2v) is 9.63. The molecule has 0 spiro atoms. The molecule has 33 heavy (non-hydrogen) atoms. The van der Waals surface area contributed by atoms with Crippen molar-refractivity contribution in [3.8, 4) is 0 Å². The Labute approximate surface area is 196 Å². The lowest BCUT2D eigenvalue weighted by Crippen LogP contribution is -2.47. The summed E-state index contributed by atoms with van der Waals surface area (Å²) in [7, 11) is 2.11. The molecule has 0 radical (unpaired) electrons. The van der Waals surface area contributed by atoms with Crippen molar-refractivity contribution in [1.29, 1.82) is 0 Å². The first kappa shape index (κ1) is 22.0. The van der Waals surface area contributed by atoms with E-state index in [4.69, 9.17) is 4.98 Å². The fourth-order valence-electron chi connectivity index (χ4n) is 5.32. The van der Waals surface area contributed by atoms with E-state index in [1.54, 1.807) is 0 Å². The Kier molecular flexibility index (Phi) is 5.87. The van der Waals surface area contributed by atoms with Crippen LogP contribution < -0.4 is 4.90 Å². The van der Waals surface area contributed by atoms with Gasteiger partial charge in [-0.15, -0.1) is 0 Å². The van der Waals surface area contributed by atoms with Gasteiger partial charge in [0.05, 0.1) is 5.52 Å². The lowest BCUT2D eigenvalue weighted by Gasteiger charge is -2.33. The maximum atomic E-state index is 13.5. The average Bonchev–Trinajstić information content (AvgIpc) is 3.08. The molecule has 1 amide bonds. The SMILES string of the molecule is CCCn1c(C)c(C)c2cc(C(=O)N3CCN(C)CC3)nc(N3CCc4ccccc4C3)c21. The Balaban J connectivity index is 1.62. The van der Waals surface area contributed by atoms with Crippen LogP contribution in [-0.2, 0) is 19.5 Å². The highest BCUT2D eigenvalue weighted by atomic mass is 16.2. The Morgan fingerprint density at radius 3 is 2.48 bits per heavy atom. The highest BCUT2D eigenvalue weighted by Gasteiger charge is 2.27. The van der Waals surface area contributed by atoms with Gasteiger partial charge in [0.1, 0.15) is 5.69 Å². The number of piperazine rings is 1. The molecule has 4 heterocycles. The van der Waals surface area contributed by atoms with Gasteiger partial charge in [-0.25, -0.2) is 4.98 Å². The van der Waals surface area contributed by atoms with E-state index in [1.165, 1.54) is 33.3 Å². The van der Waals surface area contributed by atoms with E-state index in [2.05, 4.69) is 66.5 Å². The minimum atomic E-state index is 0.0592. The fourth-order valence-corrected chi connectivity index (χ4v) is 5.32. The third-order valence-corrected chi connectivity index (χ3v) is 7.48. The fraction of sp³-hybridized carbons (Fsp3) is 0.481. The number of carbonyl (C=O) groups excluding carboxylic acids is 1. The molecule has 0 saturated carbocycles. The zero-order valence-corrected chi connectivity index (χ0v) is 20.4. The number of benzene rings is 1. The summed E-state index contributed by atoms with van der Waals surface area (Å²) in [5.74, 6) is 1.02. The summed E-state index contributed by atoms with van der Waals surface area (Å²) in [6, 6.07) is 10.7. The van der Waals surface area contributed by atoms with Crippen molar-refractivity contribution in [3.63, 3.8) is 0 Å². The number of rotatable bonds is 4. The van der Waals surface area contributed by atoms with Crippen LogP contribution in [0.2, 0.25) is 0 Å². The molecule has 3 aromatic rings. The van der Waals surface area contributed by atoms with E-state index < -0.39 is 0 Å². The molecule has 0 unspecified atom stereocenters. The molecule has 6 heteroatoms. The first-order valence-corrected chi connectivity index (χ1v) is 12.3. The minimum Gasteiger partial charge on any atom is -0.350 e. The van der Waals surface area contributed by atoms with Gasteiger partial charge in [-0.2, -0.15) is 0 Å². The van der Waals surface area contributed by atoms with Crippen LogP contribution in [0.4, 0.5) is 5.82 Å². The topological polar surface area (TPSA) is 44.6 Å². The van der Waals surface area contributed by atoms with Crippen LogP contribution in [-0.4, -0.2) is 65.0 Å². The maximum absolute atomic E-state index is 13.5. The molecule has 6 nitrogen and oxygen atoms in total. The van der Waals surface area contributed by atoms with Crippen molar-refractivity contribution in [2.75, 3.05) is 44.7 Å². The molecular weight excluding hydrogens is 410 g/mol. The molecule has 0 bridgehead atoms. The monoisotopic (exact) mass is 445 g/mol. The zero-order valence-electron chi connectivity index (χ0n) is 20.4. The summed E-state index contributed by atoms with van der Waals surface area (Å²) in [5, 5.41) is 1.17. The first-order valence-electron chi connectivity index (χ1n) is 12.3. The number of aromatic nitrogens is 2. The second-order valence-electron chi connectivity index (χ2n) is 9.63. The third-order valence-electron chi connectivity index (χ3n) is 7.48. The van der Waals surface area contributed by atoms with Gasteiger partial charge in [0, 0.05) is 56.9 Å². The van der Waals surface area contributed by atoms with Crippen molar-refractivity contribution in [1.82, 2.24) is 19.4 Å². The van der Waals surface area contributed by atoms with Gasteiger partial charge in [0.15, 0.2) is 5.82 Å². The molecule has 5 rings (SSSR count). The number of hydrogen-bond donors (Lipinski definition) is 0. The van der Waals surface area contributed by atoms with Gasteiger partial charge in [-0.1, -0.05) is 31.2 Å². The van der Waals surface area contributed by atoms with Gasteiger partial charge in [0.25, 0.3) is 5.91 Å². The smallest absolute Gasteiger partial charge is 0.272 e. The summed E-state index contributed by atoms with van der Waals surface area (Å²) < 4.78 is 2.41. The lowest BCUT2D eigenvalue weighted by molar-refractivity contribution is 0.0658.